The standard InChI is InChI=1S/C19H17ClN2O3S/c20-18-7-4-14(5-8-18)12-22-13-17(6-9-19(22)23)16-3-1-2-15(10-16)11-21-26(24)25/h1-10,13,21H,11-12H2,(H,24,25)/p-1. The molecule has 0 aliphatic heterocycles. The lowest BCUT2D eigenvalue weighted by atomic mass is 10.0. The second kappa shape index (κ2) is 8.42. The molecule has 1 aromatic heterocycles. The van der Waals surface area contributed by atoms with E-state index in [1.807, 2.05) is 36.4 Å². The molecule has 1 heterocycles. The number of nitrogens with zero attached hydrogens (tertiary/aromatic N) is 1. The van der Waals surface area contributed by atoms with Crippen molar-refractivity contribution in [3.8, 4) is 11.1 Å². The number of hydrogen-bond acceptors (Lipinski definition) is 3. The zero-order chi connectivity index (χ0) is 18.5. The topological polar surface area (TPSA) is 74.2 Å². The number of rotatable bonds is 6. The van der Waals surface area contributed by atoms with Crippen LogP contribution in [0.15, 0.2) is 71.7 Å². The summed E-state index contributed by atoms with van der Waals surface area (Å²) < 4.78 is 25.3. The zero-order valence-electron chi connectivity index (χ0n) is 13.7. The number of hydrogen-bond donors (Lipinski definition) is 1. The van der Waals surface area contributed by atoms with Crippen molar-refractivity contribution in [1.82, 2.24) is 9.29 Å². The Morgan fingerprint density at radius 3 is 2.50 bits per heavy atom. The predicted molar refractivity (Wildman–Crippen MR) is 102 cm³/mol. The minimum Gasteiger partial charge on any atom is -0.760 e. The van der Waals surface area contributed by atoms with E-state index in [0.29, 0.717) is 11.6 Å². The molecule has 1 atom stereocenters. The maximum Gasteiger partial charge on any atom is 0.250 e. The molecule has 0 aliphatic rings. The molecule has 0 bridgehead atoms. The van der Waals surface area contributed by atoms with Gasteiger partial charge in [-0.15, -0.1) is 0 Å². The molecule has 0 saturated heterocycles. The van der Waals surface area contributed by atoms with Gasteiger partial charge < -0.3 is 9.12 Å². The summed E-state index contributed by atoms with van der Waals surface area (Å²) in [5.74, 6) is 0. The molecule has 0 amide bonds. The van der Waals surface area contributed by atoms with Gasteiger partial charge in [-0.1, -0.05) is 41.9 Å². The summed E-state index contributed by atoms with van der Waals surface area (Å²) in [5, 5.41) is 0.652. The first kappa shape index (κ1) is 18.5. The minimum absolute atomic E-state index is 0.0942. The molecule has 7 heteroatoms. The monoisotopic (exact) mass is 387 g/mol. The summed E-state index contributed by atoms with van der Waals surface area (Å²) in [5.41, 5.74) is 3.50. The van der Waals surface area contributed by atoms with Crippen molar-refractivity contribution in [2.24, 2.45) is 0 Å². The Morgan fingerprint density at radius 1 is 1.00 bits per heavy atom. The quantitative estimate of drug-likeness (QED) is 0.660. The highest BCUT2D eigenvalue weighted by molar-refractivity contribution is 7.77. The van der Waals surface area contributed by atoms with Gasteiger partial charge in [0.25, 0.3) is 5.56 Å². The summed E-state index contributed by atoms with van der Waals surface area (Å²) in [4.78, 5) is 12.2. The number of nitrogens with one attached hydrogen (secondary N) is 1. The lowest BCUT2D eigenvalue weighted by molar-refractivity contribution is 0.522. The first-order valence-electron chi connectivity index (χ1n) is 7.88. The van der Waals surface area contributed by atoms with E-state index in [4.69, 9.17) is 11.6 Å². The number of halogens is 1. The predicted octanol–water partition coefficient (Wildman–Crippen LogP) is 3.10. The lowest BCUT2D eigenvalue weighted by Gasteiger charge is -2.11. The molecule has 0 aliphatic carbocycles. The fraction of sp³-hybridized carbons (Fsp3) is 0.105. The van der Waals surface area contributed by atoms with Crippen LogP contribution in [-0.2, 0) is 24.4 Å². The summed E-state index contributed by atoms with van der Waals surface area (Å²) in [6, 6.07) is 18.2. The summed E-state index contributed by atoms with van der Waals surface area (Å²) in [7, 11) is 0. The van der Waals surface area contributed by atoms with Gasteiger partial charge in [0.1, 0.15) is 0 Å². The molecule has 26 heavy (non-hydrogen) atoms. The third kappa shape index (κ3) is 4.89. The summed E-state index contributed by atoms with van der Waals surface area (Å²) in [6.45, 7) is 0.661. The number of aromatic nitrogens is 1. The molecular weight excluding hydrogens is 372 g/mol. The molecule has 1 N–H and O–H groups in total. The molecule has 2 aromatic carbocycles. The highest BCUT2D eigenvalue weighted by atomic mass is 35.5. The van der Waals surface area contributed by atoms with Crippen LogP contribution in [0.3, 0.4) is 0 Å². The maximum atomic E-state index is 12.2. The fourth-order valence-electron chi connectivity index (χ4n) is 2.62. The summed E-state index contributed by atoms with van der Waals surface area (Å²) in [6.07, 6.45) is 1.80. The molecule has 0 radical (unpaired) electrons. The Bertz CT molecular complexity index is 987. The van der Waals surface area contributed by atoms with E-state index in [1.165, 1.54) is 6.07 Å². The van der Waals surface area contributed by atoms with Crippen LogP contribution in [0.2, 0.25) is 5.02 Å². The molecule has 3 rings (SSSR count). The van der Waals surface area contributed by atoms with Crippen LogP contribution in [0.5, 0.6) is 0 Å². The first-order valence-corrected chi connectivity index (χ1v) is 9.33. The van der Waals surface area contributed by atoms with Gasteiger partial charge in [-0.25, -0.2) is 4.72 Å². The third-order valence-corrected chi connectivity index (χ3v) is 4.54. The van der Waals surface area contributed by atoms with Gasteiger partial charge in [-0.2, -0.15) is 0 Å². The third-order valence-electron chi connectivity index (χ3n) is 3.90. The van der Waals surface area contributed by atoms with E-state index < -0.39 is 11.3 Å². The van der Waals surface area contributed by atoms with Gasteiger partial charge in [-0.05, 0) is 46.5 Å². The second-order valence-corrected chi connectivity index (χ2v) is 6.96. The smallest absolute Gasteiger partial charge is 0.250 e. The fourth-order valence-corrected chi connectivity index (χ4v) is 3.03. The largest absolute Gasteiger partial charge is 0.760 e. The van der Waals surface area contributed by atoms with Crippen molar-refractivity contribution in [2.45, 2.75) is 13.1 Å². The number of benzene rings is 2. The first-order chi connectivity index (χ1) is 12.5. The van der Waals surface area contributed by atoms with Crippen molar-refractivity contribution in [1.29, 1.82) is 0 Å². The SMILES string of the molecule is O=c1ccc(-c2cccc(CNS(=O)[O-])c2)cn1Cc1ccc(Cl)cc1. The van der Waals surface area contributed by atoms with Gasteiger partial charge in [0.05, 0.1) is 6.54 Å². The van der Waals surface area contributed by atoms with Gasteiger partial charge in [0.15, 0.2) is 0 Å². The van der Waals surface area contributed by atoms with Crippen LogP contribution in [0.1, 0.15) is 11.1 Å². The van der Waals surface area contributed by atoms with Crippen LogP contribution in [-0.4, -0.2) is 13.3 Å². The minimum atomic E-state index is -2.30. The average molecular weight is 388 g/mol. The molecule has 1 unspecified atom stereocenters. The Morgan fingerprint density at radius 2 is 1.77 bits per heavy atom. The van der Waals surface area contributed by atoms with E-state index in [1.54, 1.807) is 29.0 Å². The highest BCUT2D eigenvalue weighted by Gasteiger charge is 2.04. The van der Waals surface area contributed by atoms with Crippen molar-refractivity contribution < 1.29 is 8.76 Å². The molecule has 5 nitrogen and oxygen atoms in total. The molecular formula is C19H16ClN2O3S-. The van der Waals surface area contributed by atoms with E-state index in [9.17, 15) is 13.6 Å². The molecule has 0 saturated carbocycles. The second-order valence-electron chi connectivity index (χ2n) is 5.77. The van der Waals surface area contributed by atoms with E-state index in [0.717, 1.165) is 22.3 Å². The van der Waals surface area contributed by atoms with Gasteiger partial charge >= 0.3 is 0 Å². The molecule has 0 spiro atoms. The van der Waals surface area contributed by atoms with Crippen LogP contribution >= 0.6 is 11.6 Å². The van der Waals surface area contributed by atoms with Crippen molar-refractivity contribution in [3.05, 3.63) is 93.4 Å². The molecule has 3 aromatic rings. The van der Waals surface area contributed by atoms with Crippen LogP contribution in [0, 0.1) is 0 Å². The van der Waals surface area contributed by atoms with E-state index in [-0.39, 0.29) is 12.1 Å². The van der Waals surface area contributed by atoms with Crippen LogP contribution in [0.4, 0.5) is 0 Å². The normalized spacial score (nSPS) is 12.1. The average Bonchev–Trinajstić information content (AvgIpc) is 2.64. The lowest BCUT2D eigenvalue weighted by Crippen LogP contribution is -2.19. The van der Waals surface area contributed by atoms with Gasteiger partial charge in [-0.3, -0.25) is 9.00 Å². The Balaban J connectivity index is 1.87. The van der Waals surface area contributed by atoms with E-state index in [2.05, 4.69) is 4.72 Å². The Hall–Kier alpha value is -2.25. The zero-order valence-corrected chi connectivity index (χ0v) is 15.3. The van der Waals surface area contributed by atoms with E-state index >= 15 is 0 Å². The Labute approximate surface area is 158 Å². The van der Waals surface area contributed by atoms with Crippen molar-refractivity contribution in [2.75, 3.05) is 0 Å². The molecule has 134 valence electrons. The number of pyridine rings is 1. The van der Waals surface area contributed by atoms with Gasteiger partial charge in [0, 0.05) is 35.1 Å². The van der Waals surface area contributed by atoms with Gasteiger partial charge in [0.2, 0.25) is 0 Å². The van der Waals surface area contributed by atoms with Crippen LogP contribution < -0.4 is 10.3 Å². The van der Waals surface area contributed by atoms with Crippen molar-refractivity contribution in [3.63, 3.8) is 0 Å². The molecule has 0 fully saturated rings. The highest BCUT2D eigenvalue weighted by Crippen LogP contribution is 2.20. The van der Waals surface area contributed by atoms with Crippen LogP contribution in [0.25, 0.3) is 11.1 Å². The Kier molecular flexibility index (Phi) is 6.00. The maximum absolute atomic E-state index is 12.2. The summed E-state index contributed by atoms with van der Waals surface area (Å²) >= 11 is 3.60. The van der Waals surface area contributed by atoms with Crippen molar-refractivity contribution >= 4 is 22.9 Å².